The van der Waals surface area contributed by atoms with Crippen molar-refractivity contribution < 1.29 is 9.90 Å². The predicted molar refractivity (Wildman–Crippen MR) is 140 cm³/mol. The van der Waals surface area contributed by atoms with E-state index < -0.39 is 5.60 Å². The molecule has 34 heavy (non-hydrogen) atoms. The van der Waals surface area contributed by atoms with E-state index in [1.54, 1.807) is 0 Å². The lowest BCUT2D eigenvalue weighted by molar-refractivity contribution is 0.0478. The summed E-state index contributed by atoms with van der Waals surface area (Å²) in [5.41, 5.74) is 3.87. The number of anilines is 1. The molecule has 174 valence electrons. The first-order chi connectivity index (χ1) is 16.6. The monoisotopic (exact) mass is 452 g/mol. The molecule has 4 aromatic rings. The quantitative estimate of drug-likeness (QED) is 0.314. The maximum atomic E-state index is 13.9. The summed E-state index contributed by atoms with van der Waals surface area (Å²) in [6.07, 6.45) is 4.62. The largest absolute Gasteiger partial charge is 0.373 e. The van der Waals surface area contributed by atoms with Crippen molar-refractivity contribution in [1.82, 2.24) is 4.98 Å². The van der Waals surface area contributed by atoms with Crippen molar-refractivity contribution in [3.8, 4) is 11.1 Å². The van der Waals surface area contributed by atoms with Crippen molar-refractivity contribution >= 4 is 22.4 Å². The maximum Gasteiger partial charge on any atom is 0.220 e. The fourth-order valence-electron chi connectivity index (χ4n) is 5.19. The standard InChI is InChI=1S/C30H32N2O2/c1-3-5-18-32(19-6-4-2)22-16-17-24-26(20-22)31-28-27(24)23-14-10-11-15-25(23)30(34,29(28)33)21-12-8-7-9-13-21/h7-17,20,31,34H,3-6,18-19H2,1-2H3. The van der Waals surface area contributed by atoms with Gasteiger partial charge in [-0.05, 0) is 36.1 Å². The van der Waals surface area contributed by atoms with Gasteiger partial charge in [0.2, 0.25) is 5.78 Å². The third-order valence-electron chi connectivity index (χ3n) is 7.04. The molecule has 1 unspecified atom stereocenters. The van der Waals surface area contributed by atoms with Gasteiger partial charge in [0.05, 0.1) is 5.69 Å². The number of hydrogen-bond donors (Lipinski definition) is 2. The second kappa shape index (κ2) is 9.11. The van der Waals surface area contributed by atoms with Crippen LogP contribution in [0.3, 0.4) is 0 Å². The van der Waals surface area contributed by atoms with Gasteiger partial charge in [-0.15, -0.1) is 0 Å². The van der Waals surface area contributed by atoms with Crippen molar-refractivity contribution in [3.63, 3.8) is 0 Å². The van der Waals surface area contributed by atoms with Crippen molar-refractivity contribution in [3.05, 3.63) is 89.6 Å². The van der Waals surface area contributed by atoms with Gasteiger partial charge in [0, 0.05) is 40.8 Å². The summed E-state index contributed by atoms with van der Waals surface area (Å²) in [5, 5.41) is 12.9. The first-order valence-corrected chi connectivity index (χ1v) is 12.4. The lowest BCUT2D eigenvalue weighted by Crippen LogP contribution is -2.40. The van der Waals surface area contributed by atoms with Crippen molar-refractivity contribution in [2.75, 3.05) is 18.0 Å². The summed E-state index contributed by atoms with van der Waals surface area (Å²) in [6.45, 7) is 6.49. The van der Waals surface area contributed by atoms with E-state index in [0.29, 0.717) is 16.8 Å². The third kappa shape index (κ3) is 3.54. The van der Waals surface area contributed by atoms with E-state index in [-0.39, 0.29) is 5.78 Å². The maximum absolute atomic E-state index is 13.9. The molecule has 4 nitrogen and oxygen atoms in total. The molecule has 1 atom stereocenters. The number of nitrogens with one attached hydrogen (secondary N) is 1. The van der Waals surface area contributed by atoms with Crippen LogP contribution < -0.4 is 4.90 Å². The molecule has 4 heteroatoms. The van der Waals surface area contributed by atoms with Crippen molar-refractivity contribution in [1.29, 1.82) is 0 Å². The first-order valence-electron chi connectivity index (χ1n) is 12.4. The molecule has 0 amide bonds. The van der Waals surface area contributed by atoms with E-state index in [1.165, 1.54) is 5.69 Å². The summed E-state index contributed by atoms with van der Waals surface area (Å²) in [6, 6.07) is 23.4. The number of carbonyl (C=O) groups excluding carboxylic acids is 1. The lowest BCUT2D eigenvalue weighted by Gasteiger charge is -2.33. The predicted octanol–water partition coefficient (Wildman–Crippen LogP) is 6.67. The molecular weight excluding hydrogens is 420 g/mol. The van der Waals surface area contributed by atoms with Gasteiger partial charge in [-0.25, -0.2) is 0 Å². The minimum Gasteiger partial charge on any atom is -0.373 e. The van der Waals surface area contributed by atoms with Gasteiger partial charge >= 0.3 is 0 Å². The Balaban J connectivity index is 1.66. The highest BCUT2D eigenvalue weighted by molar-refractivity contribution is 6.18. The van der Waals surface area contributed by atoms with Crippen molar-refractivity contribution in [2.24, 2.45) is 0 Å². The summed E-state index contributed by atoms with van der Waals surface area (Å²) in [4.78, 5) is 19.7. The number of aliphatic hydroxyl groups is 1. The topological polar surface area (TPSA) is 56.3 Å². The van der Waals surface area contributed by atoms with E-state index >= 15 is 0 Å². The molecule has 5 rings (SSSR count). The Labute approximate surface area is 201 Å². The minimum absolute atomic E-state index is 0.307. The highest BCUT2D eigenvalue weighted by atomic mass is 16.3. The lowest BCUT2D eigenvalue weighted by atomic mass is 9.73. The zero-order valence-electron chi connectivity index (χ0n) is 20.0. The second-order valence-corrected chi connectivity index (χ2v) is 9.25. The summed E-state index contributed by atoms with van der Waals surface area (Å²) < 4.78 is 0. The van der Waals surface area contributed by atoms with Crippen molar-refractivity contribution in [2.45, 2.75) is 45.1 Å². The average Bonchev–Trinajstić information content (AvgIpc) is 3.27. The van der Waals surface area contributed by atoms with Crippen LogP contribution in [0.15, 0.2) is 72.8 Å². The number of rotatable bonds is 8. The van der Waals surface area contributed by atoms with Crippen LogP contribution >= 0.6 is 0 Å². The van der Waals surface area contributed by atoms with Crippen LogP contribution in [-0.4, -0.2) is 29.0 Å². The fraction of sp³-hybridized carbons (Fsp3) is 0.300. The van der Waals surface area contributed by atoms with E-state index in [2.05, 4.69) is 41.9 Å². The van der Waals surface area contributed by atoms with Gasteiger partial charge in [0.25, 0.3) is 0 Å². The van der Waals surface area contributed by atoms with Crippen LogP contribution in [0.2, 0.25) is 0 Å². The second-order valence-electron chi connectivity index (χ2n) is 9.25. The van der Waals surface area contributed by atoms with E-state index in [0.717, 1.165) is 60.8 Å². The Kier molecular flexibility index (Phi) is 6.01. The van der Waals surface area contributed by atoms with Gasteiger partial charge < -0.3 is 15.0 Å². The Hall–Kier alpha value is -3.37. The van der Waals surface area contributed by atoms with E-state index in [9.17, 15) is 9.90 Å². The van der Waals surface area contributed by atoms with Crippen LogP contribution in [0.5, 0.6) is 0 Å². The molecule has 0 bridgehead atoms. The highest BCUT2D eigenvalue weighted by Crippen LogP contribution is 2.48. The average molecular weight is 453 g/mol. The number of benzene rings is 3. The highest BCUT2D eigenvalue weighted by Gasteiger charge is 2.47. The number of H-pyrrole nitrogens is 1. The number of unbranched alkanes of at least 4 members (excludes halogenated alkanes) is 2. The molecule has 0 saturated heterocycles. The third-order valence-corrected chi connectivity index (χ3v) is 7.04. The number of aromatic nitrogens is 1. The van der Waals surface area contributed by atoms with Crippen LogP contribution in [0.1, 0.15) is 61.1 Å². The molecule has 1 heterocycles. The zero-order chi connectivity index (χ0) is 23.7. The number of carbonyl (C=O) groups is 1. The molecule has 1 aliphatic carbocycles. The minimum atomic E-state index is -1.72. The molecule has 0 aliphatic heterocycles. The fourth-order valence-corrected chi connectivity index (χ4v) is 5.19. The van der Waals surface area contributed by atoms with Gasteiger partial charge in [0.15, 0.2) is 5.60 Å². The SMILES string of the molecule is CCCCN(CCCC)c1ccc2c3c([nH]c2c1)C(=O)C(O)(c1ccccc1)c1ccccc1-3. The normalized spacial score (nSPS) is 17.0. The van der Waals surface area contributed by atoms with Gasteiger partial charge in [0.1, 0.15) is 0 Å². The zero-order valence-corrected chi connectivity index (χ0v) is 20.0. The van der Waals surface area contributed by atoms with Crippen LogP contribution in [-0.2, 0) is 5.60 Å². The Morgan fingerprint density at radius 2 is 1.56 bits per heavy atom. The van der Waals surface area contributed by atoms with Gasteiger partial charge in [-0.2, -0.15) is 0 Å². The molecule has 1 aliphatic rings. The molecule has 2 N–H and O–H groups in total. The molecule has 3 aromatic carbocycles. The van der Waals surface area contributed by atoms with E-state index in [1.807, 2.05) is 54.6 Å². The van der Waals surface area contributed by atoms with Crippen LogP contribution in [0.4, 0.5) is 5.69 Å². The first kappa shape index (κ1) is 22.4. The van der Waals surface area contributed by atoms with Gasteiger partial charge in [-0.1, -0.05) is 87.4 Å². The number of fused-ring (bicyclic) bond motifs is 5. The number of Topliss-reactive ketones (excluding diaryl/α,β-unsaturated/α-hetero) is 1. The molecular formula is C30H32N2O2. The summed E-state index contributed by atoms with van der Waals surface area (Å²) >= 11 is 0. The molecule has 0 spiro atoms. The molecule has 0 radical (unpaired) electrons. The van der Waals surface area contributed by atoms with Crippen LogP contribution in [0, 0.1) is 0 Å². The Bertz CT molecular complexity index is 1320. The smallest absolute Gasteiger partial charge is 0.220 e. The Morgan fingerprint density at radius 1 is 0.882 bits per heavy atom. The molecule has 0 saturated carbocycles. The van der Waals surface area contributed by atoms with Gasteiger partial charge in [-0.3, -0.25) is 4.79 Å². The summed E-state index contributed by atoms with van der Waals surface area (Å²) in [5.74, 6) is -0.307. The number of aromatic amines is 1. The number of hydrogen-bond acceptors (Lipinski definition) is 3. The summed E-state index contributed by atoms with van der Waals surface area (Å²) in [7, 11) is 0. The van der Waals surface area contributed by atoms with E-state index in [4.69, 9.17) is 0 Å². The van der Waals surface area contributed by atoms with Crippen LogP contribution in [0.25, 0.3) is 22.0 Å². The molecule has 1 aromatic heterocycles. The molecule has 0 fully saturated rings. The Morgan fingerprint density at radius 3 is 2.26 bits per heavy atom. The number of nitrogens with zero attached hydrogens (tertiary/aromatic N) is 1. The number of ketones is 1.